The lowest BCUT2D eigenvalue weighted by atomic mass is 9.96. The van der Waals surface area contributed by atoms with Crippen LogP contribution >= 0.6 is 11.8 Å². The molecule has 2 heteroatoms. The van der Waals surface area contributed by atoms with Gasteiger partial charge in [-0.05, 0) is 42.4 Å². The highest BCUT2D eigenvalue weighted by Crippen LogP contribution is 2.39. The zero-order chi connectivity index (χ0) is 14.9. The Hall–Kier alpha value is -1.93. The van der Waals surface area contributed by atoms with Gasteiger partial charge in [-0.3, -0.25) is 0 Å². The molecule has 3 aromatic rings. The summed E-state index contributed by atoms with van der Waals surface area (Å²) in [7, 11) is 0. The molecule has 1 aromatic heterocycles. The van der Waals surface area contributed by atoms with Crippen molar-refractivity contribution < 1.29 is 0 Å². The van der Waals surface area contributed by atoms with E-state index >= 15 is 0 Å². The SMILES string of the molecule is CSc1ccc(-c2cn3c(c2-c2ccccc2)CCC3)cc1. The third-order valence-electron chi connectivity index (χ3n) is 4.47. The molecule has 22 heavy (non-hydrogen) atoms. The van der Waals surface area contributed by atoms with E-state index in [1.54, 1.807) is 11.8 Å². The molecule has 110 valence electrons. The van der Waals surface area contributed by atoms with Crippen LogP contribution in [0, 0.1) is 0 Å². The highest BCUT2D eigenvalue weighted by molar-refractivity contribution is 7.98. The van der Waals surface area contributed by atoms with E-state index in [0.29, 0.717) is 0 Å². The second kappa shape index (κ2) is 5.69. The second-order valence-corrected chi connectivity index (χ2v) is 6.64. The number of hydrogen-bond donors (Lipinski definition) is 0. The maximum Gasteiger partial charge on any atom is 0.0260 e. The van der Waals surface area contributed by atoms with Gasteiger partial charge in [0.15, 0.2) is 0 Å². The third kappa shape index (κ3) is 2.28. The summed E-state index contributed by atoms with van der Waals surface area (Å²) in [5.41, 5.74) is 6.94. The van der Waals surface area contributed by atoms with E-state index in [1.807, 2.05) is 0 Å². The van der Waals surface area contributed by atoms with Crippen LogP contribution in [0.2, 0.25) is 0 Å². The van der Waals surface area contributed by atoms with Gasteiger partial charge in [0.1, 0.15) is 0 Å². The summed E-state index contributed by atoms with van der Waals surface area (Å²) in [6, 6.07) is 19.8. The van der Waals surface area contributed by atoms with Gasteiger partial charge in [-0.2, -0.15) is 0 Å². The average Bonchev–Trinajstić information content (AvgIpc) is 3.16. The highest BCUT2D eigenvalue weighted by Gasteiger charge is 2.21. The Bertz CT molecular complexity index is 785. The molecule has 0 spiro atoms. The van der Waals surface area contributed by atoms with E-state index in [-0.39, 0.29) is 0 Å². The minimum Gasteiger partial charge on any atom is -0.350 e. The summed E-state index contributed by atoms with van der Waals surface area (Å²) in [4.78, 5) is 1.32. The molecule has 0 unspecified atom stereocenters. The van der Waals surface area contributed by atoms with Gasteiger partial charge < -0.3 is 4.57 Å². The van der Waals surface area contributed by atoms with E-state index in [4.69, 9.17) is 0 Å². The van der Waals surface area contributed by atoms with Gasteiger partial charge in [0, 0.05) is 34.5 Å². The first-order valence-corrected chi connectivity index (χ1v) is 9.01. The molecule has 1 aliphatic rings. The normalized spacial score (nSPS) is 13.3. The first-order valence-electron chi connectivity index (χ1n) is 7.78. The smallest absolute Gasteiger partial charge is 0.0260 e. The summed E-state index contributed by atoms with van der Waals surface area (Å²) in [5.74, 6) is 0. The number of nitrogens with zero attached hydrogens (tertiary/aromatic N) is 1. The van der Waals surface area contributed by atoms with E-state index in [1.165, 1.54) is 45.7 Å². The van der Waals surface area contributed by atoms with Crippen molar-refractivity contribution >= 4 is 11.8 Å². The van der Waals surface area contributed by atoms with E-state index < -0.39 is 0 Å². The minimum atomic E-state index is 1.15. The van der Waals surface area contributed by atoms with Crippen molar-refractivity contribution in [3.8, 4) is 22.3 Å². The average molecular weight is 305 g/mol. The first-order chi connectivity index (χ1) is 10.9. The van der Waals surface area contributed by atoms with Crippen LogP contribution in [0.3, 0.4) is 0 Å². The Kier molecular flexibility index (Phi) is 3.55. The van der Waals surface area contributed by atoms with Crippen molar-refractivity contribution in [1.29, 1.82) is 0 Å². The van der Waals surface area contributed by atoms with Gasteiger partial charge in [0.05, 0.1) is 0 Å². The summed E-state index contributed by atoms with van der Waals surface area (Å²) < 4.78 is 2.44. The van der Waals surface area contributed by atoms with Crippen LogP contribution in [0.25, 0.3) is 22.3 Å². The Labute approximate surface area is 136 Å². The molecule has 0 atom stereocenters. The standard InChI is InChI=1S/C20H19NS/c1-22-17-11-9-15(10-12-17)18-14-21-13-5-8-19(21)20(18)16-6-3-2-4-7-16/h2-4,6-7,9-12,14H,5,8,13H2,1H3. The first kappa shape index (κ1) is 13.7. The maximum atomic E-state index is 2.44. The number of benzene rings is 2. The number of aryl methyl sites for hydroxylation is 1. The van der Waals surface area contributed by atoms with Gasteiger partial charge in [-0.1, -0.05) is 42.5 Å². The molecule has 0 fully saturated rings. The molecular formula is C20H19NS. The number of hydrogen-bond acceptors (Lipinski definition) is 1. The Morgan fingerprint density at radius 2 is 1.68 bits per heavy atom. The van der Waals surface area contributed by atoms with Crippen molar-refractivity contribution in [3.05, 3.63) is 66.5 Å². The van der Waals surface area contributed by atoms with Crippen molar-refractivity contribution in [2.75, 3.05) is 6.26 Å². The summed E-state index contributed by atoms with van der Waals surface area (Å²) >= 11 is 1.79. The zero-order valence-corrected chi connectivity index (χ0v) is 13.6. The molecule has 0 saturated heterocycles. The van der Waals surface area contributed by atoms with Crippen molar-refractivity contribution in [2.24, 2.45) is 0 Å². The fourth-order valence-electron chi connectivity index (χ4n) is 3.40. The third-order valence-corrected chi connectivity index (χ3v) is 5.21. The lowest BCUT2D eigenvalue weighted by Crippen LogP contribution is -1.88. The molecule has 0 N–H and O–H groups in total. The Balaban J connectivity index is 1.89. The molecule has 0 radical (unpaired) electrons. The highest BCUT2D eigenvalue weighted by atomic mass is 32.2. The molecule has 0 aliphatic carbocycles. The Morgan fingerprint density at radius 1 is 0.909 bits per heavy atom. The topological polar surface area (TPSA) is 4.93 Å². The van der Waals surface area contributed by atoms with Crippen molar-refractivity contribution in [3.63, 3.8) is 0 Å². The van der Waals surface area contributed by atoms with Gasteiger partial charge in [-0.25, -0.2) is 0 Å². The largest absolute Gasteiger partial charge is 0.350 e. The van der Waals surface area contributed by atoms with Gasteiger partial charge in [0.25, 0.3) is 0 Å². The van der Waals surface area contributed by atoms with Gasteiger partial charge in [0.2, 0.25) is 0 Å². The molecule has 2 aromatic carbocycles. The molecule has 0 amide bonds. The molecular weight excluding hydrogens is 286 g/mol. The summed E-state index contributed by atoms with van der Waals surface area (Å²) in [6.07, 6.45) is 6.92. The zero-order valence-electron chi connectivity index (χ0n) is 12.8. The minimum absolute atomic E-state index is 1.15. The number of thioether (sulfide) groups is 1. The van der Waals surface area contributed by atoms with Crippen LogP contribution in [0.15, 0.2) is 65.7 Å². The van der Waals surface area contributed by atoms with Crippen molar-refractivity contribution in [2.45, 2.75) is 24.3 Å². The monoisotopic (exact) mass is 305 g/mol. The maximum absolute atomic E-state index is 2.44. The van der Waals surface area contributed by atoms with Crippen LogP contribution in [0.1, 0.15) is 12.1 Å². The van der Waals surface area contributed by atoms with E-state index in [2.05, 4.69) is 71.6 Å². The fourth-order valence-corrected chi connectivity index (χ4v) is 3.81. The molecule has 0 saturated carbocycles. The van der Waals surface area contributed by atoms with Crippen LogP contribution < -0.4 is 0 Å². The molecule has 1 aliphatic heterocycles. The predicted octanol–water partition coefficient (Wildman–Crippen LogP) is 5.49. The van der Waals surface area contributed by atoms with E-state index in [0.717, 1.165) is 6.54 Å². The van der Waals surface area contributed by atoms with E-state index in [9.17, 15) is 0 Å². The van der Waals surface area contributed by atoms with Gasteiger partial charge >= 0.3 is 0 Å². The number of fused-ring (bicyclic) bond motifs is 1. The predicted molar refractivity (Wildman–Crippen MR) is 95.4 cm³/mol. The van der Waals surface area contributed by atoms with Crippen LogP contribution in [0.4, 0.5) is 0 Å². The quantitative estimate of drug-likeness (QED) is 0.579. The lowest BCUT2D eigenvalue weighted by molar-refractivity contribution is 0.751. The molecule has 0 bridgehead atoms. The molecule has 2 heterocycles. The fraction of sp³-hybridized carbons (Fsp3) is 0.200. The number of aromatic nitrogens is 1. The molecule has 4 rings (SSSR count). The number of rotatable bonds is 3. The van der Waals surface area contributed by atoms with Crippen LogP contribution in [-0.2, 0) is 13.0 Å². The van der Waals surface area contributed by atoms with Gasteiger partial charge in [-0.15, -0.1) is 11.8 Å². The summed E-state index contributed by atoms with van der Waals surface area (Å²) in [6.45, 7) is 1.15. The second-order valence-electron chi connectivity index (χ2n) is 5.76. The lowest BCUT2D eigenvalue weighted by Gasteiger charge is -2.08. The van der Waals surface area contributed by atoms with Crippen molar-refractivity contribution in [1.82, 2.24) is 4.57 Å². The molecule has 1 nitrogen and oxygen atoms in total. The summed E-state index contributed by atoms with van der Waals surface area (Å²) in [5, 5.41) is 0. The van der Waals surface area contributed by atoms with Crippen LogP contribution in [-0.4, -0.2) is 10.8 Å². The van der Waals surface area contributed by atoms with Crippen LogP contribution in [0.5, 0.6) is 0 Å². The Morgan fingerprint density at radius 3 is 2.41 bits per heavy atom.